The summed E-state index contributed by atoms with van der Waals surface area (Å²) >= 11 is 0. The monoisotopic (exact) mass is 1060 g/mol. The Balaban J connectivity index is 1.62. The Morgan fingerprint density at radius 3 is 1.15 bits per heavy atom. The van der Waals surface area contributed by atoms with Crippen LogP contribution in [0.5, 0.6) is 0 Å². The lowest BCUT2D eigenvalue weighted by Crippen LogP contribution is -2.65. The maximum atomic E-state index is 13.2. The number of hydrogen-bond acceptors (Lipinski definition) is 13. The van der Waals surface area contributed by atoms with Crippen LogP contribution in [0.3, 0.4) is 0 Å². The highest BCUT2D eigenvalue weighted by Gasteiger charge is 2.51. The SMILES string of the molecule is CCCCCCCCCCCCCCCCCCCCCCCCCCCCCCCCC(O)C(COC1OC(CO)C(OC2OC(CO)C(O)C(O)C2O)C(O)C1O)NC(=O)CCCCCCCCCCCC. The zero-order valence-electron chi connectivity index (χ0n) is 47.4. The third-order valence-electron chi connectivity index (χ3n) is 15.8. The molecular formula is C60H117NO13. The number of unbranched alkanes of at least 4 members (excludes halogenated alkanes) is 38. The molecule has 0 spiro atoms. The molecule has 440 valence electrons. The molecule has 2 heterocycles. The van der Waals surface area contributed by atoms with Crippen LogP contribution in [0.2, 0.25) is 0 Å². The van der Waals surface area contributed by atoms with Crippen molar-refractivity contribution in [1.29, 1.82) is 0 Å². The molecule has 0 radical (unpaired) electrons. The predicted octanol–water partition coefficient (Wildman–Crippen LogP) is 10.9. The van der Waals surface area contributed by atoms with E-state index in [4.69, 9.17) is 18.9 Å². The number of aliphatic hydroxyl groups is 8. The van der Waals surface area contributed by atoms with E-state index in [1.807, 2.05) is 0 Å². The first kappa shape index (κ1) is 69.1. The lowest BCUT2D eigenvalue weighted by atomic mass is 9.97. The number of rotatable bonds is 51. The normalized spacial score (nSPS) is 25.1. The fraction of sp³-hybridized carbons (Fsp3) is 0.983. The van der Waals surface area contributed by atoms with E-state index in [2.05, 4.69) is 19.2 Å². The molecule has 0 aliphatic carbocycles. The summed E-state index contributed by atoms with van der Waals surface area (Å²) in [5, 5.41) is 87.1. The first-order valence-corrected chi connectivity index (χ1v) is 31.3. The molecule has 12 unspecified atom stereocenters. The van der Waals surface area contributed by atoms with Gasteiger partial charge >= 0.3 is 0 Å². The predicted molar refractivity (Wildman–Crippen MR) is 296 cm³/mol. The second kappa shape index (κ2) is 46.9. The van der Waals surface area contributed by atoms with E-state index in [0.29, 0.717) is 12.8 Å². The Hall–Kier alpha value is -1.01. The van der Waals surface area contributed by atoms with Gasteiger partial charge in [0, 0.05) is 6.42 Å². The minimum absolute atomic E-state index is 0.204. The van der Waals surface area contributed by atoms with Crippen LogP contribution < -0.4 is 5.32 Å². The molecule has 12 atom stereocenters. The minimum Gasteiger partial charge on any atom is -0.394 e. The van der Waals surface area contributed by atoms with Crippen molar-refractivity contribution in [3.05, 3.63) is 0 Å². The summed E-state index contributed by atoms with van der Waals surface area (Å²) in [6, 6.07) is -0.821. The summed E-state index contributed by atoms with van der Waals surface area (Å²) in [4.78, 5) is 13.2. The summed E-state index contributed by atoms with van der Waals surface area (Å²) in [5.74, 6) is -0.204. The fourth-order valence-corrected chi connectivity index (χ4v) is 10.8. The number of aliphatic hydroxyl groups excluding tert-OH is 8. The van der Waals surface area contributed by atoms with Gasteiger partial charge in [-0.3, -0.25) is 4.79 Å². The standard InChI is InChI=1S/C60H117NO13/c1-3-5-7-9-11-13-15-16-17-18-19-20-21-22-23-24-25-26-27-28-29-30-31-32-33-34-35-37-39-41-43-49(64)48(61-52(65)44-42-40-38-36-14-12-10-8-6-4-2)47-71-59-57(70)55(68)58(51(46-63)73-59)74-60-56(69)54(67)53(66)50(45-62)72-60/h48-51,53-60,62-64,66-70H,3-47H2,1-2H3,(H,61,65). The van der Waals surface area contributed by atoms with E-state index in [-0.39, 0.29) is 12.5 Å². The van der Waals surface area contributed by atoms with Crippen LogP contribution in [0.4, 0.5) is 0 Å². The van der Waals surface area contributed by atoms with Crippen LogP contribution in [0.1, 0.15) is 284 Å². The summed E-state index contributed by atoms with van der Waals surface area (Å²) in [5.41, 5.74) is 0. The van der Waals surface area contributed by atoms with Gasteiger partial charge in [0.15, 0.2) is 12.6 Å². The number of ether oxygens (including phenoxy) is 4. The Morgan fingerprint density at radius 1 is 0.432 bits per heavy atom. The Morgan fingerprint density at radius 2 is 0.770 bits per heavy atom. The van der Waals surface area contributed by atoms with Crippen LogP contribution in [0.25, 0.3) is 0 Å². The minimum atomic E-state index is -1.78. The second-order valence-electron chi connectivity index (χ2n) is 22.6. The number of carbonyl (C=O) groups is 1. The lowest BCUT2D eigenvalue weighted by molar-refractivity contribution is -0.359. The molecule has 2 fully saturated rings. The van der Waals surface area contributed by atoms with Crippen LogP contribution >= 0.6 is 0 Å². The number of carbonyl (C=O) groups excluding carboxylic acids is 1. The van der Waals surface area contributed by atoms with E-state index in [9.17, 15) is 45.6 Å². The highest BCUT2D eigenvalue weighted by atomic mass is 16.7. The third kappa shape index (κ3) is 32.2. The van der Waals surface area contributed by atoms with E-state index in [0.717, 1.165) is 51.4 Å². The van der Waals surface area contributed by atoms with Gasteiger partial charge in [0.05, 0.1) is 32.0 Å². The highest BCUT2D eigenvalue weighted by Crippen LogP contribution is 2.30. The maximum Gasteiger partial charge on any atom is 0.220 e. The summed E-state index contributed by atoms with van der Waals surface area (Å²) in [6.07, 6.45) is 35.7. The van der Waals surface area contributed by atoms with Gasteiger partial charge in [0.25, 0.3) is 0 Å². The molecule has 0 aromatic heterocycles. The van der Waals surface area contributed by atoms with E-state index in [1.54, 1.807) is 0 Å². The topological polar surface area (TPSA) is 228 Å². The Bertz CT molecular complexity index is 1250. The van der Waals surface area contributed by atoms with Crippen molar-refractivity contribution < 1.29 is 64.6 Å². The summed E-state index contributed by atoms with van der Waals surface area (Å²) in [7, 11) is 0. The van der Waals surface area contributed by atoms with Gasteiger partial charge in [-0.2, -0.15) is 0 Å². The Labute approximate surface area is 451 Å². The van der Waals surface area contributed by atoms with Crippen molar-refractivity contribution in [1.82, 2.24) is 5.32 Å². The van der Waals surface area contributed by atoms with Crippen LogP contribution in [-0.4, -0.2) is 140 Å². The van der Waals surface area contributed by atoms with Crippen LogP contribution in [-0.2, 0) is 23.7 Å². The number of hydrogen-bond donors (Lipinski definition) is 9. The largest absolute Gasteiger partial charge is 0.394 e. The first-order valence-electron chi connectivity index (χ1n) is 31.3. The molecule has 0 aromatic rings. The molecular weight excluding hydrogens is 943 g/mol. The zero-order valence-corrected chi connectivity index (χ0v) is 47.4. The first-order chi connectivity index (χ1) is 36.1. The van der Waals surface area contributed by atoms with Gasteiger partial charge in [-0.1, -0.05) is 264 Å². The van der Waals surface area contributed by atoms with E-state index < -0.39 is 86.8 Å². The van der Waals surface area contributed by atoms with E-state index >= 15 is 0 Å². The van der Waals surface area contributed by atoms with Gasteiger partial charge in [-0.05, 0) is 12.8 Å². The second-order valence-corrected chi connectivity index (χ2v) is 22.6. The van der Waals surface area contributed by atoms with Crippen molar-refractivity contribution in [2.75, 3.05) is 19.8 Å². The zero-order chi connectivity index (χ0) is 53.9. The number of amides is 1. The van der Waals surface area contributed by atoms with E-state index in [1.165, 1.54) is 205 Å². The van der Waals surface area contributed by atoms with Crippen molar-refractivity contribution in [2.45, 2.75) is 357 Å². The van der Waals surface area contributed by atoms with Gasteiger partial charge in [0.1, 0.15) is 48.8 Å². The van der Waals surface area contributed by atoms with Crippen molar-refractivity contribution in [3.63, 3.8) is 0 Å². The maximum absolute atomic E-state index is 13.2. The average Bonchev–Trinajstić information content (AvgIpc) is 3.40. The molecule has 9 N–H and O–H groups in total. The molecule has 2 saturated heterocycles. The summed E-state index contributed by atoms with van der Waals surface area (Å²) < 4.78 is 22.8. The molecule has 0 aromatic carbocycles. The average molecular weight is 1060 g/mol. The van der Waals surface area contributed by atoms with Crippen molar-refractivity contribution >= 4 is 5.91 Å². The fourth-order valence-electron chi connectivity index (χ4n) is 10.8. The molecule has 0 bridgehead atoms. The molecule has 1 amide bonds. The number of nitrogens with one attached hydrogen (secondary N) is 1. The van der Waals surface area contributed by atoms with Gasteiger partial charge < -0.3 is 65.1 Å². The highest BCUT2D eigenvalue weighted by molar-refractivity contribution is 5.76. The van der Waals surface area contributed by atoms with Crippen LogP contribution in [0.15, 0.2) is 0 Å². The molecule has 0 saturated carbocycles. The van der Waals surface area contributed by atoms with Crippen LogP contribution in [0, 0.1) is 0 Å². The van der Waals surface area contributed by atoms with Gasteiger partial charge in [-0.15, -0.1) is 0 Å². The summed E-state index contributed by atoms with van der Waals surface area (Å²) in [6.45, 7) is 2.87. The molecule has 14 heteroatoms. The molecule has 2 aliphatic heterocycles. The molecule has 14 nitrogen and oxygen atoms in total. The van der Waals surface area contributed by atoms with Crippen molar-refractivity contribution in [2.24, 2.45) is 0 Å². The Kier molecular flexibility index (Phi) is 43.8. The van der Waals surface area contributed by atoms with Gasteiger partial charge in [0.2, 0.25) is 5.91 Å². The van der Waals surface area contributed by atoms with Gasteiger partial charge in [-0.25, -0.2) is 0 Å². The third-order valence-corrected chi connectivity index (χ3v) is 15.8. The quantitative estimate of drug-likeness (QED) is 0.0259. The lowest BCUT2D eigenvalue weighted by Gasteiger charge is -2.46. The molecule has 74 heavy (non-hydrogen) atoms. The molecule has 2 aliphatic rings. The molecule has 2 rings (SSSR count). The smallest absolute Gasteiger partial charge is 0.220 e. The van der Waals surface area contributed by atoms with Crippen molar-refractivity contribution in [3.8, 4) is 0 Å².